The summed E-state index contributed by atoms with van der Waals surface area (Å²) in [5, 5.41) is 7.74. The van der Waals surface area contributed by atoms with Crippen LogP contribution in [-0.4, -0.2) is 95.8 Å². The van der Waals surface area contributed by atoms with Gasteiger partial charge in [-0.15, -0.1) is 0 Å². The number of nitrogens with one attached hydrogen (secondary N) is 1. The molecular weight excluding hydrogens is 526 g/mol. The van der Waals surface area contributed by atoms with Crippen molar-refractivity contribution in [2.45, 2.75) is 53.0 Å². The molecule has 0 unspecified atom stereocenters. The Hall–Kier alpha value is -3.73. The number of carbonyl (C=O) groups excluding carboxylic acids is 4. The first-order valence-corrected chi connectivity index (χ1v) is 14.5. The lowest BCUT2D eigenvalue weighted by molar-refractivity contribution is -0.130. The van der Waals surface area contributed by atoms with Crippen LogP contribution in [0.2, 0.25) is 0 Å². The van der Waals surface area contributed by atoms with E-state index in [4.69, 9.17) is 14.6 Å². The monoisotopic (exact) mass is 567 g/mol. The first-order valence-electron chi connectivity index (χ1n) is 14.5. The molecule has 0 radical (unpaired) electrons. The summed E-state index contributed by atoms with van der Waals surface area (Å²) in [6.07, 6.45) is 2.82. The maximum Gasteiger partial charge on any atom is 0.338 e. The van der Waals surface area contributed by atoms with Gasteiger partial charge in [-0.2, -0.15) is 5.10 Å². The second kappa shape index (κ2) is 14.2. The van der Waals surface area contributed by atoms with Crippen molar-refractivity contribution in [1.29, 1.82) is 0 Å². The van der Waals surface area contributed by atoms with E-state index in [1.165, 1.54) is 6.92 Å². The summed E-state index contributed by atoms with van der Waals surface area (Å²) in [5.74, 6) is -0.819. The average Bonchev–Trinajstić information content (AvgIpc) is 3.31. The van der Waals surface area contributed by atoms with E-state index in [0.29, 0.717) is 82.1 Å². The number of fused-ring (bicyclic) bond motifs is 1. The van der Waals surface area contributed by atoms with Crippen molar-refractivity contribution in [2.75, 3.05) is 52.5 Å². The molecule has 4 rings (SSSR count). The van der Waals surface area contributed by atoms with Crippen molar-refractivity contribution >= 4 is 23.7 Å². The normalized spacial score (nSPS) is 17.2. The molecule has 1 aromatic heterocycles. The molecule has 1 atom stereocenters. The van der Waals surface area contributed by atoms with Crippen LogP contribution in [-0.2, 0) is 33.7 Å². The van der Waals surface area contributed by atoms with E-state index in [2.05, 4.69) is 5.32 Å². The Balaban J connectivity index is 1.37. The Bertz CT molecular complexity index is 1250. The molecule has 2 aromatic rings. The molecule has 1 saturated heterocycles. The van der Waals surface area contributed by atoms with E-state index >= 15 is 0 Å². The lowest BCUT2D eigenvalue weighted by atomic mass is 9.99. The van der Waals surface area contributed by atoms with Gasteiger partial charge in [0.05, 0.1) is 17.9 Å². The number of rotatable bonds is 7. The molecule has 3 amide bonds. The highest BCUT2D eigenvalue weighted by Crippen LogP contribution is 2.22. The minimum Gasteiger partial charge on any atom is -0.462 e. The smallest absolute Gasteiger partial charge is 0.338 e. The van der Waals surface area contributed by atoms with Gasteiger partial charge in [-0.1, -0.05) is 13.0 Å². The van der Waals surface area contributed by atoms with E-state index in [1.54, 1.807) is 38.7 Å². The molecule has 0 spiro atoms. The van der Waals surface area contributed by atoms with Crippen LogP contribution in [0.25, 0.3) is 0 Å². The zero-order valence-electron chi connectivity index (χ0n) is 24.3. The Morgan fingerprint density at radius 2 is 1.78 bits per heavy atom. The van der Waals surface area contributed by atoms with Gasteiger partial charge in [-0.25, -0.2) is 4.79 Å². The topological polar surface area (TPSA) is 123 Å². The van der Waals surface area contributed by atoms with E-state index in [9.17, 15) is 19.2 Å². The van der Waals surface area contributed by atoms with Crippen molar-refractivity contribution < 1.29 is 28.7 Å². The van der Waals surface area contributed by atoms with Gasteiger partial charge in [0.1, 0.15) is 5.69 Å². The van der Waals surface area contributed by atoms with Crippen LogP contribution >= 0.6 is 0 Å². The van der Waals surface area contributed by atoms with E-state index in [-0.39, 0.29) is 30.2 Å². The van der Waals surface area contributed by atoms with Crippen LogP contribution in [0.3, 0.4) is 0 Å². The summed E-state index contributed by atoms with van der Waals surface area (Å²) in [4.78, 5) is 53.9. The van der Waals surface area contributed by atoms with Crippen molar-refractivity contribution in [2.24, 2.45) is 5.92 Å². The van der Waals surface area contributed by atoms with Gasteiger partial charge in [-0.3, -0.25) is 19.1 Å². The van der Waals surface area contributed by atoms with E-state index in [1.807, 2.05) is 13.8 Å². The number of ether oxygens (including phenoxy) is 2. The Morgan fingerprint density at radius 3 is 2.51 bits per heavy atom. The van der Waals surface area contributed by atoms with Crippen LogP contribution in [0.4, 0.5) is 0 Å². The molecule has 1 fully saturated rings. The number of esters is 1. The van der Waals surface area contributed by atoms with Gasteiger partial charge < -0.3 is 24.6 Å². The number of nitrogens with zero attached hydrogens (tertiary/aromatic N) is 4. The third-order valence-electron chi connectivity index (χ3n) is 7.51. The zero-order valence-corrected chi connectivity index (χ0v) is 24.3. The number of piperazine rings is 1. The predicted octanol–water partition coefficient (Wildman–Crippen LogP) is 2.33. The number of aromatic nitrogens is 2. The molecule has 222 valence electrons. The van der Waals surface area contributed by atoms with Gasteiger partial charge in [-0.05, 0) is 56.7 Å². The predicted molar refractivity (Wildman–Crippen MR) is 152 cm³/mol. The fraction of sp³-hybridized carbons (Fsp3) is 0.567. The highest BCUT2D eigenvalue weighted by molar-refractivity contribution is 5.98. The summed E-state index contributed by atoms with van der Waals surface area (Å²) in [6.45, 7) is 9.95. The van der Waals surface area contributed by atoms with Crippen molar-refractivity contribution in [1.82, 2.24) is 24.9 Å². The minimum absolute atomic E-state index is 0.00183. The molecule has 41 heavy (non-hydrogen) atoms. The molecule has 11 nitrogen and oxygen atoms in total. The first-order chi connectivity index (χ1) is 19.8. The van der Waals surface area contributed by atoms with Crippen LogP contribution in [0.5, 0.6) is 0 Å². The van der Waals surface area contributed by atoms with Gasteiger partial charge in [0.15, 0.2) is 0 Å². The number of aryl methyl sites for hydroxylation is 1. The highest BCUT2D eigenvalue weighted by atomic mass is 16.5. The van der Waals surface area contributed by atoms with Crippen LogP contribution in [0.1, 0.15) is 76.1 Å². The summed E-state index contributed by atoms with van der Waals surface area (Å²) < 4.78 is 13.1. The fourth-order valence-electron chi connectivity index (χ4n) is 5.25. The average molecular weight is 568 g/mol. The van der Waals surface area contributed by atoms with Crippen LogP contribution in [0.15, 0.2) is 24.3 Å². The quantitative estimate of drug-likeness (QED) is 0.510. The fourth-order valence-corrected chi connectivity index (χ4v) is 5.25. The number of benzene rings is 1. The molecule has 3 heterocycles. The minimum atomic E-state index is -0.497. The number of hydrogen-bond acceptors (Lipinski definition) is 7. The summed E-state index contributed by atoms with van der Waals surface area (Å²) in [7, 11) is 0. The molecule has 1 aromatic carbocycles. The Morgan fingerprint density at radius 1 is 1.07 bits per heavy atom. The molecule has 11 heteroatoms. The van der Waals surface area contributed by atoms with Crippen molar-refractivity contribution in [3.63, 3.8) is 0 Å². The highest BCUT2D eigenvalue weighted by Gasteiger charge is 2.26. The van der Waals surface area contributed by atoms with Gasteiger partial charge in [0, 0.05) is 70.5 Å². The Kier molecular flexibility index (Phi) is 10.5. The summed E-state index contributed by atoms with van der Waals surface area (Å²) >= 11 is 0. The largest absolute Gasteiger partial charge is 0.462 e. The lowest BCUT2D eigenvalue weighted by Gasteiger charge is -2.34. The van der Waals surface area contributed by atoms with Gasteiger partial charge in [0.25, 0.3) is 11.8 Å². The third-order valence-corrected chi connectivity index (χ3v) is 7.51. The van der Waals surface area contributed by atoms with Gasteiger partial charge in [0.2, 0.25) is 5.91 Å². The van der Waals surface area contributed by atoms with E-state index in [0.717, 1.165) is 24.1 Å². The molecule has 2 aliphatic rings. The van der Waals surface area contributed by atoms with E-state index < -0.39 is 5.97 Å². The third kappa shape index (κ3) is 7.72. The van der Waals surface area contributed by atoms with Crippen LogP contribution < -0.4 is 5.32 Å². The molecule has 0 saturated carbocycles. The summed E-state index contributed by atoms with van der Waals surface area (Å²) in [5.41, 5.74) is 3.11. The second-order valence-electron chi connectivity index (χ2n) is 10.7. The SMILES string of the molecule is CCn1nc(C[C@@H](C)COC(=O)c2cccc(C(=O)N3CCN(C(C)=O)CC3)c2)c2c1C(=O)NCCCOCCC2. The lowest BCUT2D eigenvalue weighted by Crippen LogP contribution is -2.50. The van der Waals surface area contributed by atoms with Gasteiger partial charge >= 0.3 is 5.97 Å². The maximum atomic E-state index is 13.0. The number of hydrogen-bond donors (Lipinski definition) is 1. The van der Waals surface area contributed by atoms with Crippen molar-refractivity contribution in [3.05, 3.63) is 52.3 Å². The number of carbonyl (C=O) groups is 4. The Labute approximate surface area is 241 Å². The molecule has 0 aliphatic carbocycles. The zero-order chi connectivity index (χ0) is 29.4. The number of amides is 3. The molecular formula is C30H41N5O6. The second-order valence-corrected chi connectivity index (χ2v) is 10.7. The molecule has 0 bridgehead atoms. The molecule has 1 N–H and O–H groups in total. The first kappa shape index (κ1) is 30.2. The maximum absolute atomic E-state index is 13.0. The van der Waals surface area contributed by atoms with Crippen LogP contribution in [0, 0.1) is 5.92 Å². The van der Waals surface area contributed by atoms with Crippen molar-refractivity contribution in [3.8, 4) is 0 Å². The standard InChI is InChI=1S/C30H41N5O6/c1-4-35-27-25(10-6-16-40-17-7-11-31-28(27)37)26(32-35)18-21(2)20-41-30(39)24-9-5-8-23(19-24)29(38)34-14-12-33(13-15-34)22(3)36/h5,8-9,19,21H,4,6-7,10-18,20H2,1-3H3,(H,31,37)/t21-/m1/s1. The summed E-state index contributed by atoms with van der Waals surface area (Å²) in [6, 6.07) is 6.56. The molecule has 2 aliphatic heterocycles.